The molecule has 0 spiro atoms. The second kappa shape index (κ2) is 6.28. The molecule has 0 aromatic heterocycles. The summed E-state index contributed by atoms with van der Waals surface area (Å²) in [7, 11) is 0. The maximum absolute atomic E-state index is 14.4. The highest BCUT2D eigenvalue weighted by molar-refractivity contribution is 5.68. The van der Waals surface area contributed by atoms with Gasteiger partial charge in [-0.15, -0.1) is 0 Å². The molecule has 2 fully saturated rings. The summed E-state index contributed by atoms with van der Waals surface area (Å²) in [4.78, 5) is 14.8. The first kappa shape index (κ1) is 17.4. The molecule has 5 nitrogen and oxygen atoms in total. The maximum atomic E-state index is 14.4. The summed E-state index contributed by atoms with van der Waals surface area (Å²) in [6.07, 6.45) is 0.221. The van der Waals surface area contributed by atoms with E-state index in [0.29, 0.717) is 25.9 Å². The van der Waals surface area contributed by atoms with Gasteiger partial charge in [0.2, 0.25) is 0 Å². The van der Waals surface area contributed by atoms with Crippen LogP contribution < -0.4 is 0 Å². The third kappa shape index (κ3) is 4.29. The predicted octanol–water partition coefficient (Wildman–Crippen LogP) is 2.09. The summed E-state index contributed by atoms with van der Waals surface area (Å²) in [5, 5.41) is 9.49. The predicted molar refractivity (Wildman–Crippen MR) is 78.0 cm³/mol. The van der Waals surface area contributed by atoms with E-state index in [1.54, 1.807) is 25.7 Å². The van der Waals surface area contributed by atoms with Crippen molar-refractivity contribution in [2.75, 3.05) is 26.2 Å². The molecule has 0 aromatic carbocycles. The van der Waals surface area contributed by atoms with Gasteiger partial charge in [0.25, 0.3) is 5.92 Å². The van der Waals surface area contributed by atoms with Crippen LogP contribution in [0.4, 0.5) is 13.6 Å². The number of likely N-dealkylation sites (tertiary alicyclic amines) is 2. The Labute approximate surface area is 130 Å². The van der Waals surface area contributed by atoms with Crippen molar-refractivity contribution in [3.8, 4) is 0 Å². The molecule has 0 aromatic rings. The zero-order valence-corrected chi connectivity index (χ0v) is 13.5. The van der Waals surface area contributed by atoms with Crippen molar-refractivity contribution < 1.29 is 23.4 Å². The number of carbonyl (C=O) groups excluding carboxylic acids is 1. The van der Waals surface area contributed by atoms with E-state index in [0.717, 1.165) is 4.90 Å². The van der Waals surface area contributed by atoms with E-state index < -0.39 is 30.2 Å². The molecule has 0 saturated carbocycles. The van der Waals surface area contributed by atoms with Gasteiger partial charge in [-0.3, -0.25) is 4.90 Å². The maximum Gasteiger partial charge on any atom is 0.410 e. The average molecular weight is 320 g/mol. The minimum Gasteiger partial charge on any atom is -0.444 e. The number of nitrogens with zero attached hydrogens (tertiary/aromatic N) is 2. The van der Waals surface area contributed by atoms with Crippen LogP contribution in [0.2, 0.25) is 0 Å². The topological polar surface area (TPSA) is 53.0 Å². The first-order valence-electron chi connectivity index (χ1n) is 7.86. The van der Waals surface area contributed by atoms with Crippen molar-refractivity contribution in [3.63, 3.8) is 0 Å². The lowest BCUT2D eigenvalue weighted by Gasteiger charge is -2.45. The van der Waals surface area contributed by atoms with Crippen LogP contribution in [0.25, 0.3) is 0 Å². The number of amides is 1. The molecule has 128 valence electrons. The highest BCUT2D eigenvalue weighted by atomic mass is 19.3. The molecule has 2 rings (SSSR count). The van der Waals surface area contributed by atoms with Gasteiger partial charge in [-0.2, -0.15) is 0 Å². The molecule has 0 aliphatic carbocycles. The molecule has 1 amide bonds. The van der Waals surface area contributed by atoms with Crippen LogP contribution in [0.1, 0.15) is 40.0 Å². The Morgan fingerprint density at radius 3 is 2.27 bits per heavy atom. The Hall–Kier alpha value is -0.950. The Morgan fingerprint density at radius 1 is 1.18 bits per heavy atom. The number of halogens is 2. The van der Waals surface area contributed by atoms with E-state index in [9.17, 15) is 18.7 Å². The molecule has 2 aliphatic rings. The largest absolute Gasteiger partial charge is 0.444 e. The lowest BCUT2D eigenvalue weighted by atomic mass is 9.96. The summed E-state index contributed by atoms with van der Waals surface area (Å²) < 4.78 is 34.1. The van der Waals surface area contributed by atoms with Crippen molar-refractivity contribution in [3.05, 3.63) is 0 Å². The minimum atomic E-state index is -2.96. The summed E-state index contributed by atoms with van der Waals surface area (Å²) in [6, 6.07) is -0.862. The van der Waals surface area contributed by atoms with E-state index in [1.165, 1.54) is 0 Å². The van der Waals surface area contributed by atoms with Crippen LogP contribution >= 0.6 is 0 Å². The van der Waals surface area contributed by atoms with Crippen molar-refractivity contribution in [2.45, 2.75) is 63.7 Å². The standard InChI is InChI=1S/C15H26F2N2O3/c1-14(2,3)22-13(21)19-9-6-12(15(16,17)10-19)18-7-4-11(20)5-8-18/h11-12,20H,4-10H2,1-3H3. The second-order valence-electron chi connectivity index (χ2n) is 7.23. The van der Waals surface area contributed by atoms with Crippen molar-refractivity contribution in [1.29, 1.82) is 0 Å². The van der Waals surface area contributed by atoms with Gasteiger partial charge < -0.3 is 14.7 Å². The molecule has 7 heteroatoms. The molecular formula is C15H26F2N2O3. The SMILES string of the molecule is CC(C)(C)OC(=O)N1CCC(N2CCC(O)CC2)C(F)(F)C1. The summed E-state index contributed by atoms with van der Waals surface area (Å²) >= 11 is 0. The van der Waals surface area contributed by atoms with Gasteiger partial charge in [-0.25, -0.2) is 13.6 Å². The lowest BCUT2D eigenvalue weighted by molar-refractivity contribution is -0.132. The number of hydrogen-bond donors (Lipinski definition) is 1. The first-order valence-corrected chi connectivity index (χ1v) is 7.86. The van der Waals surface area contributed by atoms with Crippen LogP contribution in [-0.2, 0) is 4.74 Å². The quantitative estimate of drug-likeness (QED) is 0.804. The van der Waals surface area contributed by atoms with E-state index >= 15 is 0 Å². The average Bonchev–Trinajstić information content (AvgIpc) is 2.37. The summed E-state index contributed by atoms with van der Waals surface area (Å²) in [5.74, 6) is -2.96. The van der Waals surface area contributed by atoms with Crippen LogP contribution in [-0.4, -0.2) is 70.8 Å². The van der Waals surface area contributed by atoms with E-state index in [2.05, 4.69) is 0 Å². The second-order valence-corrected chi connectivity index (χ2v) is 7.23. The van der Waals surface area contributed by atoms with E-state index in [-0.39, 0.29) is 19.1 Å². The van der Waals surface area contributed by atoms with Crippen LogP contribution in [0, 0.1) is 0 Å². The number of hydrogen-bond acceptors (Lipinski definition) is 4. The Morgan fingerprint density at radius 2 is 1.77 bits per heavy atom. The van der Waals surface area contributed by atoms with Gasteiger partial charge in [0.05, 0.1) is 18.7 Å². The van der Waals surface area contributed by atoms with Crippen LogP contribution in [0.5, 0.6) is 0 Å². The van der Waals surface area contributed by atoms with Crippen molar-refractivity contribution >= 4 is 6.09 Å². The van der Waals surface area contributed by atoms with Gasteiger partial charge in [0.15, 0.2) is 0 Å². The molecule has 22 heavy (non-hydrogen) atoms. The van der Waals surface area contributed by atoms with Gasteiger partial charge in [0, 0.05) is 19.6 Å². The first-order chi connectivity index (χ1) is 10.1. The summed E-state index contributed by atoms with van der Waals surface area (Å²) in [5.41, 5.74) is -0.688. The molecule has 1 atom stereocenters. The normalized spacial score (nSPS) is 27.7. The van der Waals surface area contributed by atoms with Crippen molar-refractivity contribution in [1.82, 2.24) is 9.80 Å². The fourth-order valence-corrected chi connectivity index (χ4v) is 3.06. The number of aliphatic hydroxyl groups is 1. The Bertz CT molecular complexity index is 404. The summed E-state index contributed by atoms with van der Waals surface area (Å²) in [6.45, 7) is 5.78. The van der Waals surface area contributed by atoms with Crippen LogP contribution in [0.15, 0.2) is 0 Å². The molecule has 2 heterocycles. The van der Waals surface area contributed by atoms with Gasteiger partial charge in [-0.05, 0) is 40.0 Å². The number of ether oxygens (including phenoxy) is 1. The molecular weight excluding hydrogens is 294 g/mol. The van der Waals surface area contributed by atoms with Gasteiger partial charge in [-0.1, -0.05) is 0 Å². The highest BCUT2D eigenvalue weighted by Gasteiger charge is 2.49. The minimum absolute atomic E-state index is 0.225. The molecule has 0 radical (unpaired) electrons. The van der Waals surface area contributed by atoms with Gasteiger partial charge >= 0.3 is 6.09 Å². The zero-order chi connectivity index (χ0) is 16.5. The van der Waals surface area contributed by atoms with E-state index in [1.807, 2.05) is 0 Å². The number of aliphatic hydroxyl groups excluding tert-OH is 1. The van der Waals surface area contributed by atoms with E-state index in [4.69, 9.17) is 4.74 Å². The third-order valence-electron chi connectivity index (χ3n) is 4.15. The fraction of sp³-hybridized carbons (Fsp3) is 0.933. The molecule has 0 bridgehead atoms. The molecule has 2 aliphatic heterocycles. The molecule has 1 unspecified atom stereocenters. The highest BCUT2D eigenvalue weighted by Crippen LogP contribution is 2.33. The molecule has 1 N–H and O–H groups in total. The number of carbonyl (C=O) groups is 1. The smallest absolute Gasteiger partial charge is 0.410 e. The van der Waals surface area contributed by atoms with Crippen molar-refractivity contribution in [2.24, 2.45) is 0 Å². The Balaban J connectivity index is 1.96. The zero-order valence-electron chi connectivity index (χ0n) is 13.5. The number of piperidine rings is 2. The lowest BCUT2D eigenvalue weighted by Crippen LogP contribution is -2.61. The van der Waals surface area contributed by atoms with Gasteiger partial charge in [0.1, 0.15) is 5.60 Å². The third-order valence-corrected chi connectivity index (χ3v) is 4.15. The van der Waals surface area contributed by atoms with Crippen LogP contribution in [0.3, 0.4) is 0 Å². The molecule has 2 saturated heterocycles. The number of alkyl halides is 2. The monoisotopic (exact) mass is 320 g/mol. The number of rotatable bonds is 1. The Kier molecular flexibility index (Phi) is 4.96. The fourth-order valence-electron chi connectivity index (χ4n) is 3.06.